The molecule has 0 saturated heterocycles. The Morgan fingerprint density at radius 3 is 2.50 bits per heavy atom. The van der Waals surface area contributed by atoms with Gasteiger partial charge in [0.1, 0.15) is 0 Å². The van der Waals surface area contributed by atoms with Crippen LogP contribution in [0.5, 0.6) is 0 Å². The zero-order valence-corrected chi connectivity index (χ0v) is 11.1. The lowest BCUT2D eigenvalue weighted by Crippen LogP contribution is -2.57. The molecule has 5 heteroatoms. The van der Waals surface area contributed by atoms with E-state index in [0.29, 0.717) is 5.56 Å². The molecule has 88 valence electrons. The van der Waals surface area contributed by atoms with Gasteiger partial charge in [0.25, 0.3) is 0 Å². The molecule has 0 aliphatic carbocycles. The van der Waals surface area contributed by atoms with E-state index in [0.717, 1.165) is 15.6 Å². The minimum Gasteiger partial charge on any atom is -0.405 e. The number of anilines is 1. The molecular weight excluding hydrogens is 291 g/mol. The van der Waals surface area contributed by atoms with Crippen molar-refractivity contribution in [3.63, 3.8) is 0 Å². The van der Waals surface area contributed by atoms with Crippen LogP contribution < -0.4 is 15.9 Å². The molecule has 0 radical (unpaired) electrons. The number of carbonyl (C=O) groups is 1. The third-order valence-corrected chi connectivity index (χ3v) is 3.69. The highest BCUT2D eigenvalue weighted by Crippen LogP contribution is 2.19. The van der Waals surface area contributed by atoms with Gasteiger partial charge in [0.05, 0.1) is 5.56 Å². The monoisotopic (exact) mass is 300 g/mol. The van der Waals surface area contributed by atoms with E-state index in [1.54, 1.807) is 0 Å². The SMILES string of the molecule is O=C1NB(c2ccccc2Br)Nc2ccccc21. The molecule has 3 nitrogen and oxygen atoms in total. The highest BCUT2D eigenvalue weighted by molar-refractivity contribution is 9.10. The standard InChI is InChI=1S/C13H10BBrN2O/c15-11-7-3-2-6-10(11)14-16-12-8-4-1-5-9(12)13(18)17-14/h1-8,16H,(H,17,18). The summed E-state index contributed by atoms with van der Waals surface area (Å²) >= 11 is 3.50. The van der Waals surface area contributed by atoms with Gasteiger partial charge in [-0.05, 0) is 23.7 Å². The predicted octanol–water partition coefficient (Wildman–Crippen LogP) is 2.00. The van der Waals surface area contributed by atoms with Gasteiger partial charge < -0.3 is 10.5 Å². The van der Waals surface area contributed by atoms with Crippen LogP contribution in [0.1, 0.15) is 10.4 Å². The molecule has 1 amide bonds. The van der Waals surface area contributed by atoms with Gasteiger partial charge in [-0.25, -0.2) is 0 Å². The van der Waals surface area contributed by atoms with Crippen molar-refractivity contribution in [2.45, 2.75) is 0 Å². The van der Waals surface area contributed by atoms with Gasteiger partial charge in [0.2, 0.25) is 5.91 Å². The van der Waals surface area contributed by atoms with Gasteiger partial charge in [-0.2, -0.15) is 0 Å². The molecule has 1 aliphatic rings. The molecule has 0 unspecified atom stereocenters. The Balaban J connectivity index is 2.00. The lowest BCUT2D eigenvalue weighted by Gasteiger charge is -2.25. The number of carbonyl (C=O) groups excluding carboxylic acids is 1. The lowest BCUT2D eigenvalue weighted by atomic mass is 9.66. The molecule has 0 bridgehead atoms. The third kappa shape index (κ3) is 1.91. The summed E-state index contributed by atoms with van der Waals surface area (Å²) in [6.45, 7) is -0.206. The molecule has 1 aliphatic heterocycles. The molecule has 0 atom stereocenters. The van der Waals surface area contributed by atoms with Crippen LogP contribution in [0.25, 0.3) is 0 Å². The number of amides is 1. The smallest absolute Gasteiger partial charge is 0.405 e. The van der Waals surface area contributed by atoms with E-state index in [9.17, 15) is 4.79 Å². The summed E-state index contributed by atoms with van der Waals surface area (Å²) in [6, 6.07) is 15.4. The molecule has 0 aromatic heterocycles. The van der Waals surface area contributed by atoms with Crippen LogP contribution in [0.3, 0.4) is 0 Å². The molecular formula is C13H10BBrN2O. The zero-order chi connectivity index (χ0) is 12.5. The lowest BCUT2D eigenvalue weighted by molar-refractivity contribution is 0.0979. The minimum absolute atomic E-state index is 0.0508. The fourth-order valence-corrected chi connectivity index (χ4v) is 2.59. The van der Waals surface area contributed by atoms with E-state index in [1.807, 2.05) is 48.5 Å². The number of hydrogen-bond donors (Lipinski definition) is 2. The number of rotatable bonds is 1. The van der Waals surface area contributed by atoms with E-state index in [1.165, 1.54) is 0 Å². The summed E-state index contributed by atoms with van der Waals surface area (Å²) in [5, 5.41) is 6.27. The van der Waals surface area contributed by atoms with Gasteiger partial charge in [0.15, 0.2) is 0 Å². The summed E-state index contributed by atoms with van der Waals surface area (Å²) in [5.74, 6) is -0.0508. The predicted molar refractivity (Wildman–Crippen MR) is 77.1 cm³/mol. The average Bonchev–Trinajstić information content (AvgIpc) is 2.39. The second-order valence-electron chi connectivity index (χ2n) is 4.12. The number of nitrogens with one attached hydrogen (secondary N) is 2. The first-order valence-corrected chi connectivity index (χ1v) is 6.46. The van der Waals surface area contributed by atoms with Gasteiger partial charge in [-0.3, -0.25) is 4.79 Å². The second kappa shape index (κ2) is 4.50. The van der Waals surface area contributed by atoms with Crippen LogP contribution in [0, 0.1) is 0 Å². The molecule has 0 saturated carbocycles. The third-order valence-electron chi connectivity index (χ3n) is 2.96. The van der Waals surface area contributed by atoms with Crippen LogP contribution >= 0.6 is 15.9 Å². The topological polar surface area (TPSA) is 41.1 Å². The number of fused-ring (bicyclic) bond motifs is 1. The number of hydrogen-bond acceptors (Lipinski definition) is 2. The molecule has 3 rings (SSSR count). The first kappa shape index (κ1) is 11.4. The zero-order valence-electron chi connectivity index (χ0n) is 9.48. The summed E-state index contributed by atoms with van der Waals surface area (Å²) in [7, 11) is 0. The first-order valence-electron chi connectivity index (χ1n) is 5.66. The van der Waals surface area contributed by atoms with Gasteiger partial charge in [0, 0.05) is 10.2 Å². The van der Waals surface area contributed by atoms with Crippen LogP contribution in [0.4, 0.5) is 5.69 Å². The molecule has 0 fully saturated rings. The Kier molecular flexibility index (Phi) is 2.84. The fourth-order valence-electron chi connectivity index (χ4n) is 2.07. The van der Waals surface area contributed by atoms with Crippen molar-refractivity contribution in [3.05, 3.63) is 58.6 Å². The van der Waals surface area contributed by atoms with E-state index < -0.39 is 0 Å². The maximum atomic E-state index is 12.0. The van der Waals surface area contributed by atoms with Gasteiger partial charge >= 0.3 is 6.98 Å². The average molecular weight is 301 g/mol. The van der Waals surface area contributed by atoms with Crippen molar-refractivity contribution in [1.82, 2.24) is 5.23 Å². The van der Waals surface area contributed by atoms with E-state index in [4.69, 9.17) is 0 Å². The van der Waals surface area contributed by atoms with E-state index in [2.05, 4.69) is 26.4 Å². The van der Waals surface area contributed by atoms with Crippen LogP contribution in [-0.4, -0.2) is 12.9 Å². The Hall–Kier alpha value is -1.75. The second-order valence-corrected chi connectivity index (χ2v) is 4.97. The van der Waals surface area contributed by atoms with Crippen molar-refractivity contribution >= 4 is 40.0 Å². The summed E-state index contributed by atoms with van der Waals surface area (Å²) < 4.78 is 0.974. The maximum Gasteiger partial charge on any atom is 0.409 e. The van der Waals surface area contributed by atoms with E-state index in [-0.39, 0.29) is 12.9 Å². The Labute approximate surface area is 114 Å². The summed E-state index contributed by atoms with van der Waals surface area (Å²) in [6.07, 6.45) is 0. The number of benzene rings is 2. The fraction of sp³-hybridized carbons (Fsp3) is 0. The van der Waals surface area contributed by atoms with Gasteiger partial charge in [-0.1, -0.05) is 46.3 Å². The van der Waals surface area contributed by atoms with Crippen molar-refractivity contribution in [1.29, 1.82) is 0 Å². The summed E-state index contributed by atoms with van der Waals surface area (Å²) in [5.41, 5.74) is 2.56. The Morgan fingerprint density at radius 2 is 1.67 bits per heavy atom. The molecule has 18 heavy (non-hydrogen) atoms. The van der Waals surface area contributed by atoms with Crippen LogP contribution in [-0.2, 0) is 0 Å². The maximum absolute atomic E-state index is 12.0. The highest BCUT2D eigenvalue weighted by atomic mass is 79.9. The molecule has 2 aromatic carbocycles. The number of para-hydroxylation sites is 1. The first-order chi connectivity index (χ1) is 8.75. The number of halogens is 1. The highest BCUT2D eigenvalue weighted by Gasteiger charge is 2.29. The molecule has 0 spiro atoms. The van der Waals surface area contributed by atoms with Crippen molar-refractivity contribution < 1.29 is 4.79 Å². The van der Waals surface area contributed by atoms with E-state index >= 15 is 0 Å². The van der Waals surface area contributed by atoms with Crippen LogP contribution in [0.15, 0.2) is 53.0 Å². The molecule has 2 N–H and O–H groups in total. The van der Waals surface area contributed by atoms with Crippen molar-refractivity contribution in [2.75, 3.05) is 5.23 Å². The normalized spacial score (nSPS) is 13.6. The quantitative estimate of drug-likeness (QED) is 0.791. The van der Waals surface area contributed by atoms with Gasteiger partial charge in [-0.15, -0.1) is 0 Å². The molecule has 2 aromatic rings. The Bertz CT molecular complexity index is 617. The largest absolute Gasteiger partial charge is 0.409 e. The Morgan fingerprint density at radius 1 is 0.944 bits per heavy atom. The van der Waals surface area contributed by atoms with Crippen molar-refractivity contribution in [2.24, 2.45) is 0 Å². The minimum atomic E-state index is -0.206. The van der Waals surface area contributed by atoms with Crippen LogP contribution in [0.2, 0.25) is 0 Å². The van der Waals surface area contributed by atoms with Crippen molar-refractivity contribution in [3.8, 4) is 0 Å². The summed E-state index contributed by atoms with van der Waals surface area (Å²) in [4.78, 5) is 12.0. The molecule has 1 heterocycles.